The molecule has 0 unspecified atom stereocenters. The first-order valence-corrected chi connectivity index (χ1v) is 6.14. The van der Waals surface area contributed by atoms with Gasteiger partial charge in [0.05, 0.1) is 20.4 Å². The number of hydrogen-bond acceptors (Lipinski definition) is 4. The Balaban J connectivity index is 2.77. The fourth-order valence-electron chi connectivity index (χ4n) is 2.20. The normalized spacial score (nSPS) is 10.8. The first-order valence-electron chi connectivity index (χ1n) is 6.14. The van der Waals surface area contributed by atoms with Gasteiger partial charge in [-0.3, -0.25) is 5.10 Å². The van der Waals surface area contributed by atoms with Crippen LogP contribution in [0.1, 0.15) is 25.3 Å². The highest BCUT2D eigenvalue weighted by atomic mass is 16.5. The van der Waals surface area contributed by atoms with Crippen molar-refractivity contribution in [1.29, 1.82) is 0 Å². The van der Waals surface area contributed by atoms with Crippen molar-refractivity contribution in [2.45, 2.75) is 19.8 Å². The predicted molar refractivity (Wildman–Crippen MR) is 75.6 cm³/mol. The monoisotopic (exact) mass is 261 g/mol. The second-order valence-electron chi connectivity index (χ2n) is 4.62. The molecule has 19 heavy (non-hydrogen) atoms. The van der Waals surface area contributed by atoms with Gasteiger partial charge in [-0.25, -0.2) is 0 Å². The molecular formula is C14H19N3O2. The van der Waals surface area contributed by atoms with Crippen LogP contribution >= 0.6 is 0 Å². The first kappa shape index (κ1) is 13.3. The van der Waals surface area contributed by atoms with E-state index in [1.807, 2.05) is 12.1 Å². The number of rotatable bonds is 4. The van der Waals surface area contributed by atoms with E-state index in [4.69, 9.17) is 15.2 Å². The van der Waals surface area contributed by atoms with Gasteiger partial charge in [-0.15, -0.1) is 0 Å². The lowest BCUT2D eigenvalue weighted by Gasteiger charge is -2.18. The number of aromatic nitrogens is 2. The summed E-state index contributed by atoms with van der Waals surface area (Å²) in [6.45, 7) is 4.25. The van der Waals surface area contributed by atoms with E-state index in [2.05, 4.69) is 24.0 Å². The molecule has 0 aliphatic heterocycles. The van der Waals surface area contributed by atoms with Gasteiger partial charge in [0.1, 0.15) is 5.82 Å². The second kappa shape index (κ2) is 5.22. The maximum Gasteiger partial charge on any atom is 0.169 e. The van der Waals surface area contributed by atoms with E-state index < -0.39 is 0 Å². The summed E-state index contributed by atoms with van der Waals surface area (Å²) in [6, 6.07) is 3.95. The Kier molecular flexibility index (Phi) is 3.64. The smallest absolute Gasteiger partial charge is 0.169 e. The maximum atomic E-state index is 5.94. The third-order valence-corrected chi connectivity index (χ3v) is 3.14. The molecule has 0 spiro atoms. The Morgan fingerprint density at radius 1 is 1.21 bits per heavy atom. The third-order valence-electron chi connectivity index (χ3n) is 3.14. The molecule has 1 aromatic heterocycles. The molecule has 0 fully saturated rings. The van der Waals surface area contributed by atoms with Crippen molar-refractivity contribution in [1.82, 2.24) is 10.2 Å². The van der Waals surface area contributed by atoms with E-state index in [-0.39, 0.29) is 0 Å². The van der Waals surface area contributed by atoms with Crippen LogP contribution in [0.5, 0.6) is 11.5 Å². The molecule has 3 N–H and O–H groups in total. The molecule has 0 radical (unpaired) electrons. The largest absolute Gasteiger partial charge is 0.493 e. The van der Waals surface area contributed by atoms with Gasteiger partial charge in [0.25, 0.3) is 0 Å². The zero-order chi connectivity index (χ0) is 14.0. The van der Waals surface area contributed by atoms with Crippen molar-refractivity contribution >= 4 is 5.82 Å². The first-order chi connectivity index (χ1) is 9.10. The van der Waals surface area contributed by atoms with E-state index in [1.165, 1.54) is 0 Å². The predicted octanol–water partition coefficient (Wildman–Crippen LogP) is 2.80. The number of nitrogen functional groups attached to an aromatic ring is 1. The molecule has 2 aromatic rings. The van der Waals surface area contributed by atoms with Crippen molar-refractivity contribution in [3.8, 4) is 22.6 Å². The van der Waals surface area contributed by atoms with Crippen LogP contribution in [0.2, 0.25) is 0 Å². The number of hydrogen-bond donors (Lipinski definition) is 2. The SMILES string of the molecule is COc1ccc(C(C)C)c(-c2cn[nH]c2N)c1OC. The van der Waals surface area contributed by atoms with Crippen LogP contribution < -0.4 is 15.2 Å². The van der Waals surface area contributed by atoms with Crippen molar-refractivity contribution in [2.75, 3.05) is 20.0 Å². The molecular weight excluding hydrogens is 242 g/mol. The van der Waals surface area contributed by atoms with Crippen molar-refractivity contribution in [2.24, 2.45) is 0 Å². The number of benzene rings is 1. The fraction of sp³-hybridized carbons (Fsp3) is 0.357. The minimum atomic E-state index is 0.337. The average molecular weight is 261 g/mol. The molecule has 102 valence electrons. The minimum absolute atomic E-state index is 0.337. The summed E-state index contributed by atoms with van der Waals surface area (Å²) in [6.07, 6.45) is 1.71. The summed E-state index contributed by atoms with van der Waals surface area (Å²) >= 11 is 0. The lowest BCUT2D eigenvalue weighted by Crippen LogP contribution is -2.00. The van der Waals surface area contributed by atoms with Gasteiger partial charge in [-0.1, -0.05) is 19.9 Å². The number of nitrogens with two attached hydrogens (primary N) is 1. The lowest BCUT2D eigenvalue weighted by atomic mass is 9.92. The topological polar surface area (TPSA) is 73.2 Å². The molecule has 0 amide bonds. The average Bonchev–Trinajstić information content (AvgIpc) is 2.82. The van der Waals surface area contributed by atoms with Gasteiger partial charge in [0, 0.05) is 11.1 Å². The van der Waals surface area contributed by atoms with Crippen molar-refractivity contribution < 1.29 is 9.47 Å². The molecule has 0 bridgehead atoms. The number of nitrogens with zero attached hydrogens (tertiary/aromatic N) is 1. The number of anilines is 1. The summed E-state index contributed by atoms with van der Waals surface area (Å²) in [5.41, 5.74) is 8.85. The van der Waals surface area contributed by atoms with E-state index in [1.54, 1.807) is 20.4 Å². The minimum Gasteiger partial charge on any atom is -0.493 e. The molecule has 0 aliphatic rings. The second-order valence-corrected chi connectivity index (χ2v) is 4.62. The Hall–Kier alpha value is -2.17. The molecule has 1 aromatic carbocycles. The number of aromatic amines is 1. The summed E-state index contributed by atoms with van der Waals surface area (Å²) < 4.78 is 10.9. The van der Waals surface area contributed by atoms with Gasteiger partial charge in [0.2, 0.25) is 0 Å². The summed E-state index contributed by atoms with van der Waals surface area (Å²) in [4.78, 5) is 0. The standard InChI is InChI=1S/C14H19N3O2/c1-8(2)9-5-6-11(18-3)13(19-4)12(9)10-7-16-17-14(10)15/h5-8H,1-4H3,(H3,15,16,17). The fourth-order valence-corrected chi connectivity index (χ4v) is 2.20. The zero-order valence-electron chi connectivity index (χ0n) is 11.7. The molecule has 5 heteroatoms. The summed E-state index contributed by atoms with van der Waals surface area (Å²) in [5.74, 6) is 2.22. The zero-order valence-corrected chi connectivity index (χ0v) is 11.7. The number of ether oxygens (including phenoxy) is 2. The highest BCUT2D eigenvalue weighted by Crippen LogP contribution is 2.44. The summed E-state index contributed by atoms with van der Waals surface area (Å²) in [7, 11) is 3.25. The molecule has 0 saturated heterocycles. The highest BCUT2D eigenvalue weighted by molar-refractivity contribution is 5.83. The molecule has 0 atom stereocenters. The van der Waals surface area contributed by atoms with Gasteiger partial charge >= 0.3 is 0 Å². The molecule has 1 heterocycles. The number of methoxy groups -OCH3 is 2. The third kappa shape index (κ3) is 2.23. The van der Waals surface area contributed by atoms with Crippen LogP contribution in [0.3, 0.4) is 0 Å². The molecule has 0 saturated carbocycles. The molecule has 2 rings (SSSR count). The van der Waals surface area contributed by atoms with E-state index in [9.17, 15) is 0 Å². The lowest BCUT2D eigenvalue weighted by molar-refractivity contribution is 0.355. The van der Waals surface area contributed by atoms with Gasteiger partial charge in [-0.2, -0.15) is 5.10 Å². The van der Waals surface area contributed by atoms with Crippen LogP contribution in [-0.4, -0.2) is 24.4 Å². The van der Waals surface area contributed by atoms with Crippen LogP contribution in [-0.2, 0) is 0 Å². The van der Waals surface area contributed by atoms with Crippen LogP contribution in [0.15, 0.2) is 18.3 Å². The number of nitrogens with one attached hydrogen (secondary N) is 1. The van der Waals surface area contributed by atoms with E-state index >= 15 is 0 Å². The Morgan fingerprint density at radius 3 is 2.42 bits per heavy atom. The van der Waals surface area contributed by atoms with Gasteiger partial charge in [-0.05, 0) is 17.5 Å². The Labute approximate surface area is 112 Å². The van der Waals surface area contributed by atoms with Gasteiger partial charge in [0.15, 0.2) is 11.5 Å². The van der Waals surface area contributed by atoms with E-state index in [0.717, 1.165) is 16.7 Å². The van der Waals surface area contributed by atoms with Crippen LogP contribution in [0, 0.1) is 0 Å². The molecule has 0 aliphatic carbocycles. The van der Waals surface area contributed by atoms with Crippen LogP contribution in [0.25, 0.3) is 11.1 Å². The van der Waals surface area contributed by atoms with Crippen molar-refractivity contribution in [3.63, 3.8) is 0 Å². The summed E-state index contributed by atoms with van der Waals surface area (Å²) in [5, 5.41) is 6.74. The number of H-pyrrole nitrogens is 1. The Morgan fingerprint density at radius 2 is 1.95 bits per heavy atom. The Bertz CT molecular complexity index is 576. The maximum absolute atomic E-state index is 5.94. The molecule has 5 nitrogen and oxygen atoms in total. The van der Waals surface area contributed by atoms with Crippen molar-refractivity contribution in [3.05, 3.63) is 23.9 Å². The highest BCUT2D eigenvalue weighted by Gasteiger charge is 2.20. The quantitative estimate of drug-likeness (QED) is 0.887. The van der Waals surface area contributed by atoms with Crippen LogP contribution in [0.4, 0.5) is 5.82 Å². The van der Waals surface area contributed by atoms with Gasteiger partial charge < -0.3 is 15.2 Å². The van der Waals surface area contributed by atoms with E-state index in [0.29, 0.717) is 23.2 Å².